The highest BCUT2D eigenvalue weighted by molar-refractivity contribution is 6.35. The second-order valence-corrected chi connectivity index (χ2v) is 5.10. The first-order chi connectivity index (χ1) is 8.32. The average molecular weight is 292 g/mol. The molecule has 0 saturated heterocycles. The molecule has 0 bridgehead atoms. The minimum Gasteiger partial charge on any atom is -0.443 e. The van der Waals surface area contributed by atoms with Crippen LogP contribution in [-0.4, -0.2) is 17.3 Å². The lowest BCUT2D eigenvalue weighted by atomic mass is 9.96. The second kappa shape index (κ2) is 6.27. The molecule has 100 valence electrons. The van der Waals surface area contributed by atoms with Gasteiger partial charge < -0.3 is 15.6 Å². The molecule has 0 aliphatic rings. The van der Waals surface area contributed by atoms with Gasteiger partial charge in [0, 0.05) is 15.6 Å². The van der Waals surface area contributed by atoms with Gasteiger partial charge in [-0.25, -0.2) is 4.79 Å². The fraction of sp³-hybridized carbons (Fsp3) is 0.417. The van der Waals surface area contributed by atoms with E-state index in [1.165, 1.54) is 6.07 Å². The van der Waals surface area contributed by atoms with E-state index in [0.717, 1.165) is 0 Å². The highest BCUT2D eigenvalue weighted by atomic mass is 35.5. The van der Waals surface area contributed by atoms with E-state index in [4.69, 9.17) is 33.7 Å². The Morgan fingerprint density at radius 1 is 1.39 bits per heavy atom. The summed E-state index contributed by atoms with van der Waals surface area (Å²) in [6.07, 6.45) is -2.75. The van der Waals surface area contributed by atoms with E-state index in [1.54, 1.807) is 26.0 Å². The zero-order chi connectivity index (χ0) is 13.9. The van der Waals surface area contributed by atoms with Crippen LogP contribution in [0.15, 0.2) is 18.2 Å². The van der Waals surface area contributed by atoms with Gasteiger partial charge in [0.15, 0.2) is 0 Å². The van der Waals surface area contributed by atoms with Crippen molar-refractivity contribution in [3.05, 3.63) is 33.8 Å². The van der Waals surface area contributed by atoms with E-state index in [0.29, 0.717) is 15.6 Å². The first-order valence-electron chi connectivity index (χ1n) is 5.42. The molecule has 18 heavy (non-hydrogen) atoms. The molecule has 0 aromatic heterocycles. The maximum Gasteiger partial charge on any atom is 0.404 e. The molecule has 0 saturated carbocycles. The summed E-state index contributed by atoms with van der Waals surface area (Å²) in [6, 6.07) is 4.71. The Hall–Kier alpha value is -0.970. The van der Waals surface area contributed by atoms with Gasteiger partial charge in [0.1, 0.15) is 12.2 Å². The molecule has 0 fully saturated rings. The summed E-state index contributed by atoms with van der Waals surface area (Å²) < 4.78 is 4.91. The van der Waals surface area contributed by atoms with Gasteiger partial charge in [0.25, 0.3) is 0 Å². The predicted octanol–water partition coefficient (Wildman–Crippen LogP) is 3.15. The third-order valence-electron chi connectivity index (χ3n) is 2.50. The number of aliphatic hydroxyl groups excluding tert-OH is 1. The summed E-state index contributed by atoms with van der Waals surface area (Å²) >= 11 is 11.8. The van der Waals surface area contributed by atoms with E-state index in [2.05, 4.69) is 0 Å². The molecule has 3 N–H and O–H groups in total. The van der Waals surface area contributed by atoms with Gasteiger partial charge in [-0.3, -0.25) is 0 Å². The number of hydrogen-bond donors (Lipinski definition) is 2. The van der Waals surface area contributed by atoms with E-state index in [9.17, 15) is 9.90 Å². The molecule has 6 heteroatoms. The average Bonchev–Trinajstić information content (AvgIpc) is 2.24. The van der Waals surface area contributed by atoms with E-state index >= 15 is 0 Å². The van der Waals surface area contributed by atoms with Crippen molar-refractivity contribution in [1.82, 2.24) is 0 Å². The SMILES string of the molecule is CC(C)C(OC(N)=O)C(O)c1ccc(Cl)cc1Cl. The maximum absolute atomic E-state index is 10.8. The van der Waals surface area contributed by atoms with Gasteiger partial charge in [-0.15, -0.1) is 0 Å². The topological polar surface area (TPSA) is 72.5 Å². The molecule has 0 heterocycles. The molecule has 1 aromatic carbocycles. The standard InChI is InChI=1S/C12H15Cl2NO3/c1-6(2)11(18-12(15)17)10(16)8-4-3-7(13)5-9(8)14/h3-6,10-11,16H,1-2H3,(H2,15,17). The first kappa shape index (κ1) is 15.1. The lowest BCUT2D eigenvalue weighted by molar-refractivity contribution is -0.0196. The number of halogens is 2. The summed E-state index contributed by atoms with van der Waals surface area (Å²) in [5.74, 6) is -0.112. The van der Waals surface area contributed by atoms with Gasteiger partial charge in [-0.05, 0) is 18.1 Å². The van der Waals surface area contributed by atoms with Crippen LogP contribution in [0.3, 0.4) is 0 Å². The first-order valence-corrected chi connectivity index (χ1v) is 6.17. The Bertz CT molecular complexity index is 437. The summed E-state index contributed by atoms with van der Waals surface area (Å²) in [4.78, 5) is 10.8. The van der Waals surface area contributed by atoms with E-state index in [1.807, 2.05) is 0 Å². The van der Waals surface area contributed by atoms with E-state index < -0.39 is 18.3 Å². The third kappa shape index (κ3) is 3.77. The summed E-state index contributed by atoms with van der Waals surface area (Å²) in [7, 11) is 0. The van der Waals surface area contributed by atoms with Crippen LogP contribution >= 0.6 is 23.2 Å². The molecule has 4 nitrogen and oxygen atoms in total. The number of amides is 1. The lowest BCUT2D eigenvalue weighted by Gasteiger charge is -2.26. The van der Waals surface area contributed by atoms with Crippen molar-refractivity contribution >= 4 is 29.3 Å². The number of hydrogen-bond acceptors (Lipinski definition) is 3. The van der Waals surface area contributed by atoms with Crippen LogP contribution in [0.1, 0.15) is 25.5 Å². The van der Waals surface area contributed by atoms with Crippen LogP contribution < -0.4 is 5.73 Å². The number of rotatable bonds is 4. The number of carbonyl (C=O) groups is 1. The number of nitrogens with two attached hydrogens (primary N) is 1. The molecule has 1 amide bonds. The number of benzene rings is 1. The maximum atomic E-state index is 10.8. The van der Waals surface area contributed by atoms with Gasteiger partial charge in [0.2, 0.25) is 0 Å². The molecular formula is C12H15Cl2NO3. The molecule has 1 aromatic rings. The normalized spacial score (nSPS) is 14.3. The zero-order valence-corrected chi connectivity index (χ0v) is 11.6. The molecular weight excluding hydrogens is 277 g/mol. The Kier molecular flexibility index (Phi) is 5.26. The van der Waals surface area contributed by atoms with Crippen molar-refractivity contribution in [2.24, 2.45) is 11.7 Å². The predicted molar refractivity (Wildman–Crippen MR) is 70.7 cm³/mol. The molecule has 2 atom stereocenters. The fourth-order valence-electron chi connectivity index (χ4n) is 1.62. The Balaban J connectivity index is 3.01. The minimum atomic E-state index is -1.05. The van der Waals surface area contributed by atoms with Gasteiger partial charge in [0.05, 0.1) is 0 Å². The highest BCUT2D eigenvalue weighted by Crippen LogP contribution is 2.31. The van der Waals surface area contributed by atoms with Crippen LogP contribution in [0, 0.1) is 5.92 Å². The molecule has 2 unspecified atom stereocenters. The fourth-order valence-corrected chi connectivity index (χ4v) is 2.14. The molecule has 0 aliphatic heterocycles. The molecule has 0 aliphatic carbocycles. The highest BCUT2D eigenvalue weighted by Gasteiger charge is 2.28. The Morgan fingerprint density at radius 3 is 2.44 bits per heavy atom. The molecule has 0 spiro atoms. The summed E-state index contributed by atoms with van der Waals surface area (Å²) in [6.45, 7) is 3.61. The van der Waals surface area contributed by atoms with Crippen LogP contribution in [0.2, 0.25) is 10.0 Å². The Morgan fingerprint density at radius 2 is 2.00 bits per heavy atom. The lowest BCUT2D eigenvalue weighted by Crippen LogP contribution is -2.32. The molecule has 0 radical (unpaired) electrons. The van der Waals surface area contributed by atoms with Crippen LogP contribution in [0.5, 0.6) is 0 Å². The van der Waals surface area contributed by atoms with Crippen LogP contribution in [0.4, 0.5) is 4.79 Å². The van der Waals surface area contributed by atoms with Gasteiger partial charge in [-0.1, -0.05) is 43.1 Å². The van der Waals surface area contributed by atoms with E-state index in [-0.39, 0.29) is 5.92 Å². The third-order valence-corrected chi connectivity index (χ3v) is 3.06. The number of carbonyl (C=O) groups excluding carboxylic acids is 1. The number of ether oxygens (including phenoxy) is 1. The zero-order valence-electron chi connectivity index (χ0n) is 10.1. The molecule has 1 rings (SSSR count). The van der Waals surface area contributed by atoms with Crippen LogP contribution in [-0.2, 0) is 4.74 Å². The monoisotopic (exact) mass is 291 g/mol. The van der Waals surface area contributed by atoms with Gasteiger partial charge in [-0.2, -0.15) is 0 Å². The summed E-state index contributed by atoms with van der Waals surface area (Å²) in [5, 5.41) is 11.0. The van der Waals surface area contributed by atoms with Crippen molar-refractivity contribution in [1.29, 1.82) is 0 Å². The van der Waals surface area contributed by atoms with Crippen molar-refractivity contribution in [2.75, 3.05) is 0 Å². The van der Waals surface area contributed by atoms with Crippen molar-refractivity contribution in [3.63, 3.8) is 0 Å². The summed E-state index contributed by atoms with van der Waals surface area (Å²) in [5.41, 5.74) is 5.43. The number of aliphatic hydroxyl groups is 1. The largest absolute Gasteiger partial charge is 0.443 e. The van der Waals surface area contributed by atoms with Crippen molar-refractivity contribution in [2.45, 2.75) is 26.1 Å². The minimum absolute atomic E-state index is 0.112. The van der Waals surface area contributed by atoms with Crippen molar-refractivity contribution < 1.29 is 14.6 Å². The smallest absolute Gasteiger partial charge is 0.404 e. The number of primary amides is 1. The van der Waals surface area contributed by atoms with Crippen molar-refractivity contribution in [3.8, 4) is 0 Å². The Labute approximate surface area is 116 Å². The second-order valence-electron chi connectivity index (χ2n) is 4.26. The van der Waals surface area contributed by atoms with Gasteiger partial charge >= 0.3 is 6.09 Å². The van der Waals surface area contributed by atoms with Crippen LogP contribution in [0.25, 0.3) is 0 Å². The quantitative estimate of drug-likeness (QED) is 0.895.